The van der Waals surface area contributed by atoms with Crippen LogP contribution < -0.4 is 15.0 Å². The van der Waals surface area contributed by atoms with Crippen LogP contribution in [-0.4, -0.2) is 65.2 Å². The van der Waals surface area contributed by atoms with Gasteiger partial charge < -0.3 is 24.4 Å². The second kappa shape index (κ2) is 11.9. The first-order chi connectivity index (χ1) is 19.4. The molecule has 0 bridgehead atoms. The Morgan fingerprint density at radius 1 is 1.05 bits per heavy atom. The number of ether oxygens (including phenoxy) is 3. The molecule has 4 N–H and O–H groups in total. The van der Waals surface area contributed by atoms with Gasteiger partial charge in [-0.05, 0) is 61.2 Å². The zero-order valence-corrected chi connectivity index (χ0v) is 22.2. The van der Waals surface area contributed by atoms with Crippen molar-refractivity contribution in [3.05, 3.63) is 54.6 Å². The fraction of sp³-hybridized carbons (Fsp3) is 0.346. The summed E-state index contributed by atoms with van der Waals surface area (Å²) in [4.78, 5) is 12.2. The number of sulfone groups is 1. The van der Waals surface area contributed by atoms with E-state index in [4.69, 9.17) is 14.7 Å². The van der Waals surface area contributed by atoms with Gasteiger partial charge >= 0.3 is 6.36 Å². The highest BCUT2D eigenvalue weighted by Gasteiger charge is 2.52. The van der Waals surface area contributed by atoms with E-state index in [1.807, 2.05) is 0 Å². The molecule has 0 aliphatic carbocycles. The maximum Gasteiger partial charge on any atom is 0.573 e. The SMILES string of the molecule is O=C(NO)C1(S(=O)(=O)c2ccc(OCCCn3c(O)cc(-c4cccc(OC(F)(F)F)c4)c3O)cc2)CCOCC1. The van der Waals surface area contributed by atoms with Crippen LogP contribution in [0.3, 0.4) is 0 Å². The minimum Gasteiger partial charge on any atom is -0.494 e. The molecule has 222 valence electrons. The monoisotopic (exact) mass is 600 g/mol. The minimum absolute atomic E-state index is 0.0424. The molecule has 0 saturated carbocycles. The molecule has 3 aromatic rings. The van der Waals surface area contributed by atoms with E-state index in [0.717, 1.165) is 16.7 Å². The van der Waals surface area contributed by atoms with E-state index >= 15 is 0 Å². The molecule has 1 aliphatic heterocycles. The van der Waals surface area contributed by atoms with Crippen LogP contribution in [0.25, 0.3) is 11.1 Å². The summed E-state index contributed by atoms with van der Waals surface area (Å²) in [5.74, 6) is -1.87. The number of rotatable bonds is 10. The lowest BCUT2D eigenvalue weighted by atomic mass is 9.98. The van der Waals surface area contributed by atoms with E-state index in [1.165, 1.54) is 47.9 Å². The first-order valence-electron chi connectivity index (χ1n) is 12.4. The van der Waals surface area contributed by atoms with E-state index in [-0.39, 0.29) is 73.4 Å². The van der Waals surface area contributed by atoms with Crippen LogP contribution in [0.4, 0.5) is 13.2 Å². The number of nitrogens with zero attached hydrogens (tertiary/aromatic N) is 1. The van der Waals surface area contributed by atoms with Crippen molar-refractivity contribution in [1.82, 2.24) is 10.0 Å². The van der Waals surface area contributed by atoms with Gasteiger partial charge in [0.15, 0.2) is 20.5 Å². The van der Waals surface area contributed by atoms with Gasteiger partial charge in [-0.2, -0.15) is 0 Å². The number of aromatic nitrogens is 1. The van der Waals surface area contributed by atoms with Gasteiger partial charge in [0.1, 0.15) is 11.5 Å². The van der Waals surface area contributed by atoms with Crippen molar-refractivity contribution >= 4 is 15.7 Å². The Morgan fingerprint density at radius 3 is 2.37 bits per heavy atom. The third-order valence-electron chi connectivity index (χ3n) is 6.68. The zero-order valence-electron chi connectivity index (χ0n) is 21.4. The van der Waals surface area contributed by atoms with E-state index in [0.29, 0.717) is 5.75 Å². The van der Waals surface area contributed by atoms with Crippen molar-refractivity contribution < 1.29 is 56.0 Å². The molecule has 15 heteroatoms. The summed E-state index contributed by atoms with van der Waals surface area (Å²) in [6.45, 7) is 0.271. The van der Waals surface area contributed by atoms with Crippen molar-refractivity contribution in [2.45, 2.75) is 41.8 Å². The summed E-state index contributed by atoms with van der Waals surface area (Å²) < 4.78 is 78.3. The van der Waals surface area contributed by atoms with E-state index < -0.39 is 32.6 Å². The second-order valence-electron chi connectivity index (χ2n) is 9.19. The number of hydroxylamine groups is 1. The largest absolute Gasteiger partial charge is 0.573 e. The lowest BCUT2D eigenvalue weighted by Crippen LogP contribution is -2.54. The number of aromatic hydroxyl groups is 2. The van der Waals surface area contributed by atoms with Crippen molar-refractivity contribution in [2.24, 2.45) is 0 Å². The number of benzene rings is 2. The Hall–Kier alpha value is -3.95. The van der Waals surface area contributed by atoms with Crippen LogP contribution in [0.1, 0.15) is 19.3 Å². The van der Waals surface area contributed by atoms with E-state index in [9.17, 15) is 36.6 Å². The molecule has 0 radical (unpaired) electrons. The normalized spacial score (nSPS) is 15.3. The molecule has 1 amide bonds. The molecule has 0 unspecified atom stereocenters. The number of nitrogens with one attached hydrogen (secondary N) is 1. The lowest BCUT2D eigenvalue weighted by molar-refractivity contribution is -0.274. The summed E-state index contributed by atoms with van der Waals surface area (Å²) in [6.07, 6.45) is -4.83. The van der Waals surface area contributed by atoms with Crippen molar-refractivity contribution in [3.8, 4) is 34.4 Å². The molecule has 2 heterocycles. The molecule has 0 spiro atoms. The predicted molar refractivity (Wildman–Crippen MR) is 136 cm³/mol. The quantitative estimate of drug-likeness (QED) is 0.155. The number of alkyl halides is 3. The molecule has 2 aromatic carbocycles. The van der Waals surface area contributed by atoms with Crippen LogP contribution in [0.15, 0.2) is 59.5 Å². The minimum atomic E-state index is -4.88. The highest BCUT2D eigenvalue weighted by molar-refractivity contribution is 7.93. The number of carbonyl (C=O) groups excluding carboxylic acids is 1. The summed E-state index contributed by atoms with van der Waals surface area (Å²) in [6, 6.07) is 11.6. The Labute approximate surface area is 232 Å². The molecule has 1 saturated heterocycles. The number of hydrogen-bond acceptors (Lipinski definition) is 9. The highest BCUT2D eigenvalue weighted by Crippen LogP contribution is 2.38. The molecule has 0 atom stereocenters. The van der Waals surface area contributed by atoms with Gasteiger partial charge in [0.25, 0.3) is 5.91 Å². The number of amides is 1. The van der Waals surface area contributed by atoms with Crippen LogP contribution in [0.2, 0.25) is 0 Å². The first kappa shape index (κ1) is 30.0. The zero-order chi connectivity index (χ0) is 29.8. The Kier molecular flexibility index (Phi) is 8.70. The lowest BCUT2D eigenvalue weighted by Gasteiger charge is -2.34. The van der Waals surface area contributed by atoms with E-state index in [1.54, 1.807) is 0 Å². The molecule has 1 fully saturated rings. The molecule has 1 aliphatic rings. The molecule has 11 nitrogen and oxygen atoms in total. The standard InChI is InChI=1S/C26H27F3N2O9S/c27-26(28,29)40-19-4-1-3-17(15-19)21-16-22(32)31(23(21)33)11-2-12-39-18-5-7-20(8-6-18)41(36,37)25(24(34)30-35)9-13-38-14-10-25/h1,3-8,15-16,32-33,35H,2,9-14H2,(H,30,34). The van der Waals surface area contributed by atoms with Gasteiger partial charge in [0.05, 0.1) is 11.5 Å². The third kappa shape index (κ3) is 6.36. The van der Waals surface area contributed by atoms with Gasteiger partial charge in [-0.25, -0.2) is 13.9 Å². The maximum atomic E-state index is 13.3. The van der Waals surface area contributed by atoms with Crippen molar-refractivity contribution in [2.75, 3.05) is 19.8 Å². The van der Waals surface area contributed by atoms with Crippen LogP contribution >= 0.6 is 0 Å². The van der Waals surface area contributed by atoms with E-state index in [2.05, 4.69) is 4.74 Å². The molecular formula is C26H27F3N2O9S. The molecule has 4 rings (SSSR count). The second-order valence-corrected chi connectivity index (χ2v) is 11.5. The average Bonchev–Trinajstić information content (AvgIpc) is 3.23. The van der Waals surface area contributed by atoms with Gasteiger partial charge in [0.2, 0.25) is 5.88 Å². The topological polar surface area (TPSA) is 157 Å². The average molecular weight is 601 g/mol. The molecular weight excluding hydrogens is 573 g/mol. The fourth-order valence-corrected chi connectivity index (χ4v) is 6.53. The Morgan fingerprint density at radius 2 is 1.73 bits per heavy atom. The Balaban J connectivity index is 1.38. The molecule has 1 aromatic heterocycles. The number of halogens is 3. The van der Waals surface area contributed by atoms with Crippen molar-refractivity contribution in [1.29, 1.82) is 0 Å². The molecule has 41 heavy (non-hydrogen) atoms. The van der Waals surface area contributed by atoms with Gasteiger partial charge in [0, 0.05) is 31.4 Å². The summed E-state index contributed by atoms with van der Waals surface area (Å²) in [7, 11) is -4.18. The third-order valence-corrected chi connectivity index (χ3v) is 9.20. The number of hydrogen-bond donors (Lipinski definition) is 4. The summed E-state index contributed by atoms with van der Waals surface area (Å²) >= 11 is 0. The first-order valence-corrected chi connectivity index (χ1v) is 13.8. The van der Waals surface area contributed by atoms with Crippen molar-refractivity contribution in [3.63, 3.8) is 0 Å². The van der Waals surface area contributed by atoms with Gasteiger partial charge in [-0.15, -0.1) is 13.2 Å². The summed E-state index contributed by atoms with van der Waals surface area (Å²) in [5.41, 5.74) is 1.76. The van der Waals surface area contributed by atoms with Crippen LogP contribution in [0.5, 0.6) is 23.3 Å². The fourth-order valence-electron chi connectivity index (χ4n) is 4.59. The smallest absolute Gasteiger partial charge is 0.494 e. The predicted octanol–water partition coefficient (Wildman–Crippen LogP) is 3.76. The van der Waals surface area contributed by atoms with Gasteiger partial charge in [-0.3, -0.25) is 14.6 Å². The summed E-state index contributed by atoms with van der Waals surface area (Å²) in [5, 5.41) is 30.0. The maximum absolute atomic E-state index is 13.3. The highest BCUT2D eigenvalue weighted by atomic mass is 32.2. The van der Waals surface area contributed by atoms with Gasteiger partial charge in [-0.1, -0.05) is 12.1 Å². The van der Waals surface area contributed by atoms with Crippen LogP contribution in [0, 0.1) is 0 Å². The number of carbonyl (C=O) groups is 1. The Bertz CT molecular complexity index is 1480. The van der Waals surface area contributed by atoms with Crippen LogP contribution in [-0.2, 0) is 25.9 Å².